The van der Waals surface area contributed by atoms with Crippen molar-refractivity contribution in [2.24, 2.45) is 0 Å². The topological polar surface area (TPSA) is 35.5 Å². The lowest BCUT2D eigenvalue weighted by Gasteiger charge is -2.34. The lowest BCUT2D eigenvalue weighted by molar-refractivity contribution is 0.296. The Morgan fingerprint density at radius 2 is 2.00 bits per heavy atom. The lowest BCUT2D eigenvalue weighted by atomic mass is 10.1. The minimum atomic E-state index is 0.155. The third kappa shape index (κ3) is 4.10. The summed E-state index contributed by atoms with van der Waals surface area (Å²) >= 11 is 6.31. The minimum absolute atomic E-state index is 0.155. The summed E-state index contributed by atoms with van der Waals surface area (Å²) in [5, 5.41) is 13.3. The SMILES string of the molecule is CCC(CC)N(CCO)c1cccc(Cl)c1CNC. The highest BCUT2D eigenvalue weighted by Crippen LogP contribution is 2.30. The van der Waals surface area contributed by atoms with Crippen molar-refractivity contribution in [3.63, 3.8) is 0 Å². The summed E-state index contributed by atoms with van der Waals surface area (Å²) in [5.41, 5.74) is 2.23. The van der Waals surface area contributed by atoms with Crippen molar-refractivity contribution in [1.82, 2.24) is 5.32 Å². The van der Waals surface area contributed by atoms with Crippen molar-refractivity contribution in [3.8, 4) is 0 Å². The molecule has 0 heterocycles. The highest BCUT2D eigenvalue weighted by molar-refractivity contribution is 6.31. The molecule has 0 aromatic heterocycles. The summed E-state index contributed by atoms with van der Waals surface area (Å²) < 4.78 is 0. The quantitative estimate of drug-likeness (QED) is 0.770. The highest BCUT2D eigenvalue weighted by Gasteiger charge is 2.19. The molecule has 1 aromatic carbocycles. The number of hydrogen-bond donors (Lipinski definition) is 2. The first-order valence-corrected chi connectivity index (χ1v) is 7.36. The molecule has 0 amide bonds. The summed E-state index contributed by atoms with van der Waals surface area (Å²) in [6.07, 6.45) is 2.12. The van der Waals surface area contributed by atoms with Crippen LogP contribution < -0.4 is 10.2 Å². The van der Waals surface area contributed by atoms with Crippen LogP contribution in [0.3, 0.4) is 0 Å². The van der Waals surface area contributed by atoms with Gasteiger partial charge in [-0.25, -0.2) is 0 Å². The molecule has 0 saturated carbocycles. The zero-order valence-electron chi connectivity index (χ0n) is 12.1. The number of hydrogen-bond acceptors (Lipinski definition) is 3. The summed E-state index contributed by atoms with van der Waals surface area (Å²) in [5.74, 6) is 0. The normalized spacial score (nSPS) is 11.1. The van der Waals surface area contributed by atoms with Gasteiger partial charge in [0.1, 0.15) is 0 Å². The highest BCUT2D eigenvalue weighted by atomic mass is 35.5. The number of anilines is 1. The second-order valence-electron chi connectivity index (χ2n) is 4.66. The Bertz CT molecular complexity index is 380. The Kier molecular flexibility index (Phi) is 7.21. The van der Waals surface area contributed by atoms with E-state index >= 15 is 0 Å². The number of nitrogens with zero attached hydrogens (tertiary/aromatic N) is 1. The van der Waals surface area contributed by atoms with Gasteiger partial charge in [-0.2, -0.15) is 0 Å². The second kappa shape index (κ2) is 8.41. The number of rotatable bonds is 8. The van der Waals surface area contributed by atoms with Crippen LogP contribution in [-0.2, 0) is 6.54 Å². The van der Waals surface area contributed by atoms with E-state index < -0.39 is 0 Å². The molecule has 0 aliphatic heterocycles. The molecule has 0 unspecified atom stereocenters. The smallest absolute Gasteiger partial charge is 0.0606 e. The van der Waals surface area contributed by atoms with E-state index in [0.29, 0.717) is 12.6 Å². The molecule has 1 rings (SSSR count). The third-order valence-corrected chi connectivity index (χ3v) is 3.84. The second-order valence-corrected chi connectivity index (χ2v) is 5.06. The monoisotopic (exact) mass is 284 g/mol. The summed E-state index contributed by atoms with van der Waals surface area (Å²) in [4.78, 5) is 2.28. The van der Waals surface area contributed by atoms with Gasteiger partial charge < -0.3 is 15.3 Å². The number of halogens is 1. The molecule has 0 atom stereocenters. The lowest BCUT2D eigenvalue weighted by Crippen LogP contribution is -2.37. The Morgan fingerprint density at radius 1 is 1.32 bits per heavy atom. The first-order chi connectivity index (χ1) is 9.19. The molecule has 0 saturated heterocycles. The van der Waals surface area contributed by atoms with Gasteiger partial charge in [-0.1, -0.05) is 31.5 Å². The zero-order chi connectivity index (χ0) is 14.3. The molecule has 0 aliphatic rings. The first kappa shape index (κ1) is 16.3. The van der Waals surface area contributed by atoms with Gasteiger partial charge in [0, 0.05) is 35.4 Å². The van der Waals surface area contributed by atoms with Crippen LogP contribution in [-0.4, -0.2) is 31.3 Å². The van der Waals surface area contributed by atoms with Gasteiger partial charge in [-0.15, -0.1) is 0 Å². The molecule has 0 fully saturated rings. The molecule has 0 bridgehead atoms. The van der Waals surface area contributed by atoms with Crippen LogP contribution >= 0.6 is 11.6 Å². The molecule has 108 valence electrons. The van der Waals surface area contributed by atoms with Crippen molar-refractivity contribution in [2.75, 3.05) is 25.1 Å². The van der Waals surface area contributed by atoms with Crippen LogP contribution in [0.15, 0.2) is 18.2 Å². The fourth-order valence-corrected chi connectivity index (χ4v) is 2.74. The van der Waals surface area contributed by atoms with Crippen LogP contribution in [0.5, 0.6) is 0 Å². The maximum Gasteiger partial charge on any atom is 0.0606 e. The molecule has 0 spiro atoms. The van der Waals surface area contributed by atoms with E-state index in [9.17, 15) is 5.11 Å². The molecule has 1 aromatic rings. The van der Waals surface area contributed by atoms with Crippen LogP contribution in [0.25, 0.3) is 0 Å². The Balaban J connectivity index is 3.17. The Labute approximate surface area is 121 Å². The van der Waals surface area contributed by atoms with Crippen molar-refractivity contribution >= 4 is 17.3 Å². The average molecular weight is 285 g/mol. The van der Waals surface area contributed by atoms with Crippen LogP contribution in [0.4, 0.5) is 5.69 Å². The van der Waals surface area contributed by atoms with Gasteiger partial charge in [0.15, 0.2) is 0 Å². The van der Waals surface area contributed by atoms with Crippen molar-refractivity contribution in [3.05, 3.63) is 28.8 Å². The van der Waals surface area contributed by atoms with E-state index in [4.69, 9.17) is 11.6 Å². The van der Waals surface area contributed by atoms with Crippen molar-refractivity contribution in [1.29, 1.82) is 0 Å². The van der Waals surface area contributed by atoms with Gasteiger partial charge in [-0.3, -0.25) is 0 Å². The van der Waals surface area contributed by atoms with Gasteiger partial charge >= 0.3 is 0 Å². The molecule has 4 heteroatoms. The standard InChI is InChI=1S/C15H25ClN2O/c1-4-12(5-2)18(9-10-19)15-8-6-7-14(16)13(15)11-17-3/h6-8,12,17,19H,4-5,9-11H2,1-3H3. The predicted molar refractivity (Wildman–Crippen MR) is 83.0 cm³/mol. The number of aliphatic hydroxyl groups is 1. The molecule has 0 aliphatic carbocycles. The van der Waals surface area contributed by atoms with Gasteiger partial charge in [0.2, 0.25) is 0 Å². The maximum absolute atomic E-state index is 9.34. The third-order valence-electron chi connectivity index (χ3n) is 3.48. The van der Waals surface area contributed by atoms with Crippen molar-refractivity contribution in [2.45, 2.75) is 39.3 Å². The van der Waals surface area contributed by atoms with Crippen LogP contribution in [0, 0.1) is 0 Å². The summed E-state index contributed by atoms with van der Waals surface area (Å²) in [6.45, 7) is 5.89. The summed E-state index contributed by atoms with van der Waals surface area (Å²) in [6, 6.07) is 6.42. The first-order valence-electron chi connectivity index (χ1n) is 6.99. The molecular weight excluding hydrogens is 260 g/mol. The number of nitrogens with one attached hydrogen (secondary N) is 1. The van der Waals surface area contributed by atoms with E-state index in [0.717, 1.165) is 35.7 Å². The molecule has 19 heavy (non-hydrogen) atoms. The average Bonchev–Trinajstić information content (AvgIpc) is 2.42. The predicted octanol–water partition coefficient (Wildman–Crippen LogP) is 3.05. The van der Waals surface area contributed by atoms with E-state index in [1.165, 1.54) is 0 Å². The maximum atomic E-state index is 9.34. The van der Waals surface area contributed by atoms with Gasteiger partial charge in [0.25, 0.3) is 0 Å². The number of benzene rings is 1. The Morgan fingerprint density at radius 3 is 2.53 bits per heavy atom. The Hall–Kier alpha value is -0.770. The van der Waals surface area contributed by atoms with Crippen LogP contribution in [0.1, 0.15) is 32.3 Å². The fraction of sp³-hybridized carbons (Fsp3) is 0.600. The molecule has 0 radical (unpaired) electrons. The van der Waals surface area contributed by atoms with Crippen molar-refractivity contribution < 1.29 is 5.11 Å². The van der Waals surface area contributed by atoms with E-state index in [2.05, 4.69) is 30.1 Å². The molecule has 3 nitrogen and oxygen atoms in total. The zero-order valence-corrected chi connectivity index (χ0v) is 12.9. The van der Waals surface area contributed by atoms with E-state index in [1.807, 2.05) is 19.2 Å². The van der Waals surface area contributed by atoms with Gasteiger partial charge in [0.05, 0.1) is 6.61 Å². The summed E-state index contributed by atoms with van der Waals surface area (Å²) in [7, 11) is 1.92. The molecule has 2 N–H and O–H groups in total. The molecular formula is C15H25ClN2O. The number of aliphatic hydroxyl groups excluding tert-OH is 1. The fourth-order valence-electron chi connectivity index (χ4n) is 2.51. The van der Waals surface area contributed by atoms with Crippen LogP contribution in [0.2, 0.25) is 5.02 Å². The van der Waals surface area contributed by atoms with Gasteiger partial charge in [-0.05, 0) is 32.0 Å². The largest absolute Gasteiger partial charge is 0.395 e. The minimum Gasteiger partial charge on any atom is -0.395 e. The van der Waals surface area contributed by atoms with E-state index in [-0.39, 0.29) is 6.61 Å². The van der Waals surface area contributed by atoms with E-state index in [1.54, 1.807) is 0 Å².